The van der Waals surface area contributed by atoms with Gasteiger partial charge in [0, 0.05) is 30.7 Å². The van der Waals surface area contributed by atoms with E-state index in [2.05, 4.69) is 32.0 Å². The van der Waals surface area contributed by atoms with Gasteiger partial charge in [0.1, 0.15) is 17.7 Å². The molecule has 2 N–H and O–H groups in total. The van der Waals surface area contributed by atoms with Gasteiger partial charge in [-0.05, 0) is 63.7 Å². The summed E-state index contributed by atoms with van der Waals surface area (Å²) in [6.07, 6.45) is 1.53. The molecule has 1 saturated carbocycles. The first-order valence-corrected chi connectivity index (χ1v) is 14.2. The summed E-state index contributed by atoms with van der Waals surface area (Å²) in [4.78, 5) is 45.7. The van der Waals surface area contributed by atoms with Gasteiger partial charge in [-0.1, -0.05) is 24.3 Å². The number of hydrogen-bond acceptors (Lipinski definition) is 9. The Balaban J connectivity index is 1.15. The minimum Gasteiger partial charge on any atom is -0.444 e. The number of piperidine rings is 1. The van der Waals surface area contributed by atoms with Gasteiger partial charge >= 0.3 is 6.09 Å². The predicted octanol–water partition coefficient (Wildman–Crippen LogP) is 1.62. The van der Waals surface area contributed by atoms with Gasteiger partial charge in [0.2, 0.25) is 17.6 Å². The molecule has 13 nitrogen and oxygen atoms in total. The number of tetrazole rings is 1. The van der Waals surface area contributed by atoms with E-state index in [1.807, 2.05) is 41.0 Å². The Morgan fingerprint density at radius 1 is 1.22 bits per heavy atom. The number of aromatic nitrogens is 4. The molecule has 3 aliphatic heterocycles. The van der Waals surface area contributed by atoms with Crippen molar-refractivity contribution in [2.45, 2.75) is 88.8 Å². The highest BCUT2D eigenvalue weighted by Gasteiger charge is 2.56. The van der Waals surface area contributed by atoms with Crippen molar-refractivity contribution >= 4 is 17.9 Å². The maximum Gasteiger partial charge on any atom is 0.408 e. The van der Waals surface area contributed by atoms with Crippen molar-refractivity contribution in [3.05, 3.63) is 29.8 Å². The average molecular weight is 562 g/mol. The summed E-state index contributed by atoms with van der Waals surface area (Å²) in [5.74, 6) is 0.589. The molecule has 41 heavy (non-hydrogen) atoms. The third kappa shape index (κ3) is 5.12. The zero-order valence-corrected chi connectivity index (χ0v) is 23.6. The number of H-pyrrole nitrogens is 1. The Morgan fingerprint density at radius 2 is 1.98 bits per heavy atom. The van der Waals surface area contributed by atoms with Gasteiger partial charge < -0.3 is 19.9 Å². The van der Waals surface area contributed by atoms with E-state index in [0.29, 0.717) is 31.1 Å². The molecule has 1 aromatic carbocycles. The fraction of sp³-hybridized carbons (Fsp3) is 0.607. The SMILES string of the molecule is C[C@@H](c1ccc(-c2nn[nH]n2)cc1)N1C(=O)[C@@H]2C[C@H]1CN2C[C@H](NC(=O)OC(C)(C)C)C(=O)N1[C@H](C#N)C[C@@H]2C[C@@H]21. The number of carbonyl (C=O) groups is 3. The number of hydrogen-bond donors (Lipinski definition) is 2. The first-order valence-electron chi connectivity index (χ1n) is 14.2. The normalized spacial score (nSPS) is 28.3. The number of piperazine rings is 1. The van der Waals surface area contributed by atoms with Gasteiger partial charge in [-0.2, -0.15) is 10.5 Å². The van der Waals surface area contributed by atoms with Gasteiger partial charge in [-0.3, -0.25) is 14.5 Å². The molecule has 0 unspecified atom stereocenters. The lowest BCUT2D eigenvalue weighted by atomic mass is 10.0. The number of fused-ring (bicyclic) bond motifs is 3. The molecule has 4 aliphatic rings. The van der Waals surface area contributed by atoms with Gasteiger partial charge in [0.15, 0.2) is 0 Å². The molecule has 3 saturated heterocycles. The maximum atomic E-state index is 13.8. The second-order valence-electron chi connectivity index (χ2n) is 12.5. The fourth-order valence-electron chi connectivity index (χ4n) is 6.69. The number of nitrogens with one attached hydrogen (secondary N) is 2. The molecule has 4 fully saturated rings. The monoisotopic (exact) mass is 561 g/mol. The van der Waals surface area contributed by atoms with E-state index >= 15 is 0 Å². The van der Waals surface area contributed by atoms with Crippen molar-refractivity contribution in [3.63, 3.8) is 0 Å². The van der Waals surface area contributed by atoms with Crippen LogP contribution in [0.25, 0.3) is 11.4 Å². The molecule has 0 radical (unpaired) electrons. The first kappa shape index (κ1) is 27.1. The summed E-state index contributed by atoms with van der Waals surface area (Å²) < 4.78 is 5.46. The number of likely N-dealkylation sites (tertiary alicyclic amines) is 3. The topological polar surface area (TPSA) is 160 Å². The summed E-state index contributed by atoms with van der Waals surface area (Å²) in [6, 6.07) is 8.14. The summed E-state index contributed by atoms with van der Waals surface area (Å²) in [6.45, 7) is 8.07. The van der Waals surface area contributed by atoms with E-state index < -0.39 is 23.8 Å². The van der Waals surface area contributed by atoms with Crippen LogP contribution in [0.4, 0.5) is 4.79 Å². The van der Waals surface area contributed by atoms with Crippen LogP contribution in [0.15, 0.2) is 24.3 Å². The van der Waals surface area contributed by atoms with E-state index in [4.69, 9.17) is 4.74 Å². The third-order valence-corrected chi connectivity index (χ3v) is 8.64. The van der Waals surface area contributed by atoms with E-state index in [-0.39, 0.29) is 42.5 Å². The standard InChI is InChI=1S/C28H35N9O4/c1-15(16-5-7-17(8-6-16)24-31-33-34-32-24)36-20-11-23(26(36)39)35(13-20)14-21(30-27(40)41-28(2,3)4)25(38)37-19(12-29)9-18-10-22(18)37/h5-8,15,18-23H,9-11,13-14H2,1-4H3,(H,30,40)(H,31,32,33,34)/t15-,18+,19-,20-,21-,22-,23-/m0/s1. The number of carbonyl (C=O) groups excluding carboxylic acids is 3. The summed E-state index contributed by atoms with van der Waals surface area (Å²) >= 11 is 0. The van der Waals surface area contributed by atoms with Gasteiger partial charge in [0.25, 0.3) is 0 Å². The van der Waals surface area contributed by atoms with E-state index in [1.165, 1.54) is 0 Å². The van der Waals surface area contributed by atoms with E-state index in [9.17, 15) is 19.6 Å². The van der Waals surface area contributed by atoms with Crippen molar-refractivity contribution < 1.29 is 19.1 Å². The van der Waals surface area contributed by atoms with Crippen LogP contribution in [0.2, 0.25) is 0 Å². The van der Waals surface area contributed by atoms with Crippen molar-refractivity contribution in [2.75, 3.05) is 13.1 Å². The Labute approximate surface area is 238 Å². The average Bonchev–Trinajstić information content (AvgIpc) is 3.36. The van der Waals surface area contributed by atoms with Crippen LogP contribution in [0.3, 0.4) is 0 Å². The minimum absolute atomic E-state index is 0.0110. The molecule has 2 aromatic rings. The predicted molar refractivity (Wildman–Crippen MR) is 145 cm³/mol. The van der Waals surface area contributed by atoms with E-state index in [1.54, 1.807) is 25.7 Å². The number of alkyl carbamates (subject to hydrolysis) is 1. The van der Waals surface area contributed by atoms with Crippen LogP contribution in [-0.2, 0) is 14.3 Å². The molecule has 216 valence electrons. The molecule has 6 rings (SSSR count). The number of benzene rings is 1. The highest BCUT2D eigenvalue weighted by molar-refractivity contribution is 5.89. The lowest BCUT2D eigenvalue weighted by molar-refractivity contribution is -0.141. The molecule has 0 spiro atoms. The molecule has 3 amide bonds. The Hall–Kier alpha value is -4.05. The second-order valence-corrected chi connectivity index (χ2v) is 12.5. The summed E-state index contributed by atoms with van der Waals surface area (Å²) in [7, 11) is 0. The Bertz CT molecular complexity index is 1370. The smallest absolute Gasteiger partial charge is 0.408 e. The Morgan fingerprint density at radius 3 is 2.61 bits per heavy atom. The molecule has 4 heterocycles. The van der Waals surface area contributed by atoms with E-state index in [0.717, 1.165) is 17.5 Å². The number of rotatable bonds is 7. The van der Waals surface area contributed by atoms with Crippen LogP contribution in [-0.4, -0.2) is 102 Å². The third-order valence-electron chi connectivity index (χ3n) is 8.64. The fourth-order valence-corrected chi connectivity index (χ4v) is 6.69. The van der Waals surface area contributed by atoms with Crippen molar-refractivity contribution in [1.29, 1.82) is 5.26 Å². The molecule has 2 bridgehead atoms. The van der Waals surface area contributed by atoms with Crippen LogP contribution in [0, 0.1) is 17.2 Å². The van der Waals surface area contributed by atoms with Crippen molar-refractivity contribution in [2.24, 2.45) is 5.92 Å². The zero-order chi connectivity index (χ0) is 29.1. The molecule has 7 atom stereocenters. The molecule has 1 aromatic heterocycles. The number of nitrogens with zero attached hydrogens (tertiary/aromatic N) is 7. The van der Waals surface area contributed by atoms with Crippen LogP contribution >= 0.6 is 0 Å². The summed E-state index contributed by atoms with van der Waals surface area (Å²) in [5, 5.41) is 26.5. The first-order chi connectivity index (χ1) is 19.5. The van der Waals surface area contributed by atoms with Crippen LogP contribution in [0.5, 0.6) is 0 Å². The van der Waals surface area contributed by atoms with Crippen LogP contribution in [0.1, 0.15) is 58.6 Å². The number of nitriles is 1. The number of aromatic amines is 1. The van der Waals surface area contributed by atoms with Crippen LogP contribution < -0.4 is 5.32 Å². The maximum absolute atomic E-state index is 13.8. The Kier molecular flexibility index (Phi) is 6.68. The zero-order valence-electron chi connectivity index (χ0n) is 23.6. The van der Waals surface area contributed by atoms with Crippen molar-refractivity contribution in [1.82, 2.24) is 40.6 Å². The lowest BCUT2D eigenvalue weighted by Crippen LogP contribution is -2.59. The van der Waals surface area contributed by atoms with Gasteiger partial charge in [-0.15, -0.1) is 10.2 Å². The largest absolute Gasteiger partial charge is 0.444 e. The molecule has 13 heteroatoms. The van der Waals surface area contributed by atoms with Crippen molar-refractivity contribution in [3.8, 4) is 17.5 Å². The molecule has 1 aliphatic carbocycles. The quantitative estimate of drug-likeness (QED) is 0.512. The van der Waals surface area contributed by atoms with Gasteiger partial charge in [0.05, 0.1) is 18.2 Å². The lowest BCUT2D eigenvalue weighted by Gasteiger charge is -2.39. The highest BCUT2D eigenvalue weighted by Crippen LogP contribution is 2.48. The highest BCUT2D eigenvalue weighted by atomic mass is 16.6. The molecular weight excluding hydrogens is 526 g/mol. The number of ether oxygens (including phenoxy) is 1. The second kappa shape index (κ2) is 10.1. The minimum atomic E-state index is -0.921. The number of amides is 3. The summed E-state index contributed by atoms with van der Waals surface area (Å²) in [5.41, 5.74) is 1.10. The van der Waals surface area contributed by atoms with Gasteiger partial charge in [-0.25, -0.2) is 4.79 Å². The molecular formula is C28H35N9O4.